The number of carbonyl (C=O) groups excluding carboxylic acids is 1. The maximum atomic E-state index is 12.1. The quantitative estimate of drug-likeness (QED) is 0.740. The molecule has 2 aromatic rings. The van der Waals surface area contributed by atoms with Crippen LogP contribution in [0.25, 0.3) is 0 Å². The lowest BCUT2D eigenvalue weighted by Crippen LogP contribution is -2.26. The van der Waals surface area contributed by atoms with E-state index in [4.69, 9.17) is 5.73 Å². The maximum absolute atomic E-state index is 12.1. The predicted octanol–water partition coefficient (Wildman–Crippen LogP) is 1.01. The summed E-state index contributed by atoms with van der Waals surface area (Å²) in [5.74, 6) is 1.05. The van der Waals surface area contributed by atoms with Gasteiger partial charge in [0.05, 0.1) is 0 Å². The van der Waals surface area contributed by atoms with E-state index in [0.29, 0.717) is 23.9 Å². The monoisotopic (exact) mass is 306 g/mol. The van der Waals surface area contributed by atoms with Crippen molar-refractivity contribution in [3.63, 3.8) is 0 Å². The van der Waals surface area contributed by atoms with Crippen LogP contribution in [0.15, 0.2) is 12.4 Å². The summed E-state index contributed by atoms with van der Waals surface area (Å²) in [6, 6.07) is 0.495. The molecule has 7 nitrogen and oxygen atoms in total. The van der Waals surface area contributed by atoms with Crippen LogP contribution in [0.5, 0.6) is 0 Å². The van der Waals surface area contributed by atoms with Crippen LogP contribution in [0.1, 0.15) is 28.3 Å². The number of nitrogens with two attached hydrogens (primary N) is 1. The zero-order valence-electron chi connectivity index (χ0n) is 11.8. The highest BCUT2D eigenvalue weighted by Gasteiger charge is 2.24. The summed E-state index contributed by atoms with van der Waals surface area (Å²) in [7, 11) is 1.93. The number of aryl methyl sites for hydroxylation is 1. The molecule has 0 atom stereocenters. The van der Waals surface area contributed by atoms with Crippen LogP contribution in [0.3, 0.4) is 0 Å². The molecule has 1 amide bonds. The molecule has 3 rings (SSSR count). The highest BCUT2D eigenvalue weighted by Crippen LogP contribution is 2.30. The van der Waals surface area contributed by atoms with Crippen molar-refractivity contribution in [2.45, 2.75) is 25.3 Å². The lowest BCUT2D eigenvalue weighted by molar-refractivity contribution is 0.0958. The fourth-order valence-electron chi connectivity index (χ4n) is 1.96. The number of anilines is 2. The fourth-order valence-corrected chi connectivity index (χ4v) is 2.84. The van der Waals surface area contributed by atoms with E-state index in [1.165, 1.54) is 11.3 Å². The number of aromatic nitrogens is 3. The van der Waals surface area contributed by atoms with Crippen LogP contribution in [-0.2, 0) is 13.5 Å². The lowest BCUT2D eigenvalue weighted by Gasteiger charge is -2.04. The lowest BCUT2D eigenvalue weighted by atomic mass is 10.4. The van der Waals surface area contributed by atoms with Gasteiger partial charge < -0.3 is 20.9 Å². The van der Waals surface area contributed by atoms with E-state index in [1.54, 1.807) is 6.20 Å². The van der Waals surface area contributed by atoms with Gasteiger partial charge in [0.2, 0.25) is 0 Å². The Hall–Kier alpha value is -2.09. The van der Waals surface area contributed by atoms with Crippen LogP contribution in [0.2, 0.25) is 0 Å². The third-order valence-electron chi connectivity index (χ3n) is 3.32. The van der Waals surface area contributed by atoms with E-state index < -0.39 is 0 Å². The molecule has 0 radical (unpaired) electrons. The van der Waals surface area contributed by atoms with E-state index in [9.17, 15) is 4.79 Å². The molecule has 0 unspecified atom stereocenters. The Bertz CT molecular complexity index is 645. The van der Waals surface area contributed by atoms with Crippen molar-refractivity contribution >= 4 is 28.2 Å². The zero-order chi connectivity index (χ0) is 14.8. The number of hydrogen-bond acceptors (Lipinski definition) is 6. The average molecular weight is 306 g/mol. The van der Waals surface area contributed by atoms with Gasteiger partial charge in [-0.25, -0.2) is 9.97 Å². The van der Waals surface area contributed by atoms with Crippen molar-refractivity contribution in [2.75, 3.05) is 17.6 Å². The SMILES string of the molecule is Cn1ccnc1CCNC(=O)c1sc(NC2CC2)nc1N. The molecular formula is C13H18N6OS. The van der Waals surface area contributed by atoms with Gasteiger partial charge in [-0.15, -0.1) is 0 Å². The van der Waals surface area contributed by atoms with Gasteiger partial charge in [-0.3, -0.25) is 4.79 Å². The number of amides is 1. The highest BCUT2D eigenvalue weighted by atomic mass is 32.1. The van der Waals surface area contributed by atoms with Gasteiger partial charge in [0.1, 0.15) is 16.5 Å². The summed E-state index contributed by atoms with van der Waals surface area (Å²) in [6.45, 7) is 0.520. The molecule has 0 bridgehead atoms. The molecule has 4 N–H and O–H groups in total. The number of carbonyl (C=O) groups is 1. The second-order valence-corrected chi connectivity index (χ2v) is 6.11. The molecule has 1 aliphatic rings. The van der Waals surface area contributed by atoms with E-state index in [1.807, 2.05) is 17.8 Å². The van der Waals surface area contributed by atoms with Crippen molar-refractivity contribution < 1.29 is 4.79 Å². The second kappa shape index (κ2) is 5.72. The summed E-state index contributed by atoms with van der Waals surface area (Å²) in [6.07, 6.45) is 6.62. The minimum Gasteiger partial charge on any atom is -0.382 e. The molecule has 0 saturated heterocycles. The standard InChI is InChI=1S/C13H18N6OS/c1-19-7-6-15-9(19)4-5-16-12(20)10-11(14)18-13(21-10)17-8-2-3-8/h6-8H,2-5,14H2,1H3,(H,16,20)(H,17,18). The zero-order valence-corrected chi connectivity index (χ0v) is 12.6. The first kappa shape index (κ1) is 13.9. The highest BCUT2D eigenvalue weighted by molar-refractivity contribution is 7.18. The number of rotatable bonds is 6. The summed E-state index contributed by atoms with van der Waals surface area (Å²) < 4.78 is 1.94. The van der Waals surface area contributed by atoms with Gasteiger partial charge in [0.15, 0.2) is 5.13 Å². The first-order chi connectivity index (χ1) is 10.1. The van der Waals surface area contributed by atoms with Crippen molar-refractivity contribution in [1.82, 2.24) is 19.9 Å². The van der Waals surface area contributed by atoms with Crippen LogP contribution >= 0.6 is 11.3 Å². The third-order valence-corrected chi connectivity index (χ3v) is 4.32. The Morgan fingerprint density at radius 2 is 2.38 bits per heavy atom. The number of thiazole rings is 1. The van der Waals surface area contributed by atoms with E-state index in [-0.39, 0.29) is 11.7 Å². The summed E-state index contributed by atoms with van der Waals surface area (Å²) >= 11 is 1.31. The molecule has 0 aromatic carbocycles. The first-order valence-corrected chi connectivity index (χ1v) is 7.72. The van der Waals surface area contributed by atoms with Crippen molar-refractivity contribution in [3.05, 3.63) is 23.1 Å². The second-order valence-electron chi connectivity index (χ2n) is 5.11. The molecule has 2 heterocycles. The average Bonchev–Trinajstić information content (AvgIpc) is 3.05. The molecular weight excluding hydrogens is 288 g/mol. The molecule has 1 saturated carbocycles. The van der Waals surface area contributed by atoms with Crippen LogP contribution in [-0.4, -0.2) is 33.0 Å². The minimum absolute atomic E-state index is 0.178. The Balaban J connectivity index is 1.54. The molecule has 0 spiro atoms. The topological polar surface area (TPSA) is 97.9 Å². The molecule has 1 fully saturated rings. The number of nitrogen functional groups attached to an aromatic ring is 1. The summed E-state index contributed by atoms with van der Waals surface area (Å²) in [4.78, 5) is 21.0. The number of nitrogens with one attached hydrogen (secondary N) is 2. The van der Waals surface area contributed by atoms with Crippen LogP contribution in [0.4, 0.5) is 10.9 Å². The fraction of sp³-hybridized carbons (Fsp3) is 0.462. The van der Waals surface area contributed by atoms with E-state index in [0.717, 1.165) is 23.8 Å². The third kappa shape index (κ3) is 3.33. The molecule has 8 heteroatoms. The van der Waals surface area contributed by atoms with Crippen molar-refractivity contribution in [3.8, 4) is 0 Å². The van der Waals surface area contributed by atoms with Crippen LogP contribution < -0.4 is 16.4 Å². The van der Waals surface area contributed by atoms with Gasteiger partial charge in [-0.2, -0.15) is 0 Å². The maximum Gasteiger partial charge on any atom is 0.265 e. The Kier molecular flexibility index (Phi) is 3.78. The van der Waals surface area contributed by atoms with Gasteiger partial charge in [0, 0.05) is 38.4 Å². The molecule has 1 aliphatic carbocycles. The normalized spacial score (nSPS) is 14.1. The van der Waals surface area contributed by atoms with E-state index >= 15 is 0 Å². The molecule has 112 valence electrons. The summed E-state index contributed by atoms with van der Waals surface area (Å²) in [5.41, 5.74) is 5.81. The van der Waals surface area contributed by atoms with Crippen LogP contribution in [0, 0.1) is 0 Å². The molecule has 2 aromatic heterocycles. The minimum atomic E-state index is -0.178. The number of hydrogen-bond donors (Lipinski definition) is 3. The first-order valence-electron chi connectivity index (χ1n) is 6.90. The van der Waals surface area contributed by atoms with Gasteiger partial charge in [-0.1, -0.05) is 11.3 Å². The number of imidazole rings is 1. The Labute approximate surface area is 126 Å². The van der Waals surface area contributed by atoms with Gasteiger partial charge in [-0.05, 0) is 12.8 Å². The van der Waals surface area contributed by atoms with Crippen molar-refractivity contribution in [1.29, 1.82) is 0 Å². The molecule has 0 aliphatic heterocycles. The number of nitrogens with zero attached hydrogens (tertiary/aromatic N) is 3. The Morgan fingerprint density at radius 1 is 1.57 bits per heavy atom. The molecule has 21 heavy (non-hydrogen) atoms. The predicted molar refractivity (Wildman–Crippen MR) is 82.4 cm³/mol. The van der Waals surface area contributed by atoms with Crippen molar-refractivity contribution in [2.24, 2.45) is 7.05 Å². The van der Waals surface area contributed by atoms with Gasteiger partial charge >= 0.3 is 0 Å². The summed E-state index contributed by atoms with van der Waals surface area (Å²) in [5, 5.41) is 6.84. The van der Waals surface area contributed by atoms with E-state index in [2.05, 4.69) is 20.6 Å². The largest absolute Gasteiger partial charge is 0.382 e. The Morgan fingerprint density at radius 3 is 3.05 bits per heavy atom. The van der Waals surface area contributed by atoms with Gasteiger partial charge in [0.25, 0.3) is 5.91 Å². The smallest absolute Gasteiger partial charge is 0.265 e.